The predicted octanol–water partition coefficient (Wildman–Crippen LogP) is 1.85. The molecule has 2 aromatic rings. The Labute approximate surface area is 200 Å². The molecule has 0 atom stereocenters. The number of aliphatic hydroxyl groups excluding tert-OH is 1. The number of hydrogen-bond donors (Lipinski definition) is 3. The number of nitrogens with one attached hydrogen (secondary N) is 1. The molecule has 0 unspecified atom stereocenters. The van der Waals surface area contributed by atoms with Gasteiger partial charge < -0.3 is 25.3 Å². The van der Waals surface area contributed by atoms with Gasteiger partial charge in [-0.2, -0.15) is 0 Å². The first-order chi connectivity index (χ1) is 16.4. The first-order valence-corrected chi connectivity index (χ1v) is 12.4. The third-order valence-electron chi connectivity index (χ3n) is 8.40. The Morgan fingerprint density at radius 3 is 2.44 bits per heavy atom. The van der Waals surface area contributed by atoms with Gasteiger partial charge in [-0.05, 0) is 57.6 Å². The molecule has 9 heteroatoms. The minimum absolute atomic E-state index is 0.00442. The molecule has 3 N–H and O–H groups in total. The summed E-state index contributed by atoms with van der Waals surface area (Å²) in [5.41, 5.74) is 0.845. The van der Waals surface area contributed by atoms with Crippen LogP contribution in [0.3, 0.4) is 0 Å². The summed E-state index contributed by atoms with van der Waals surface area (Å²) < 4.78 is 1.60. The molecule has 1 aliphatic heterocycles. The van der Waals surface area contributed by atoms with Gasteiger partial charge in [0.25, 0.3) is 0 Å². The minimum Gasteiger partial charge on any atom is -0.394 e. The van der Waals surface area contributed by atoms with E-state index in [-0.39, 0.29) is 23.7 Å². The third kappa shape index (κ3) is 4.10. The second kappa shape index (κ2) is 8.94. The van der Waals surface area contributed by atoms with Crippen molar-refractivity contribution in [2.45, 2.75) is 74.7 Å². The van der Waals surface area contributed by atoms with Crippen molar-refractivity contribution >= 4 is 6.03 Å². The SMILES string of the molecule is CNC1(c2ccccc2)CCC2(CC1)CN(Cc1cn(CCO)nn1)C(=O)N2CC1(O)CCC1. The van der Waals surface area contributed by atoms with Crippen molar-refractivity contribution in [1.82, 2.24) is 30.1 Å². The number of amides is 2. The highest BCUT2D eigenvalue weighted by Crippen LogP contribution is 2.48. The van der Waals surface area contributed by atoms with Crippen molar-refractivity contribution in [1.29, 1.82) is 0 Å². The van der Waals surface area contributed by atoms with E-state index in [9.17, 15) is 9.90 Å². The number of carbonyl (C=O) groups is 1. The molecular weight excluding hydrogens is 432 g/mol. The lowest BCUT2D eigenvalue weighted by atomic mass is 9.68. The van der Waals surface area contributed by atoms with E-state index >= 15 is 0 Å². The smallest absolute Gasteiger partial charge is 0.321 e. The summed E-state index contributed by atoms with van der Waals surface area (Å²) in [6, 6.07) is 10.6. The number of rotatable bonds is 8. The summed E-state index contributed by atoms with van der Waals surface area (Å²) in [6.07, 6.45) is 7.92. The van der Waals surface area contributed by atoms with Crippen molar-refractivity contribution in [3.05, 3.63) is 47.8 Å². The number of hydrogen-bond acceptors (Lipinski definition) is 6. The van der Waals surface area contributed by atoms with E-state index in [0.29, 0.717) is 31.9 Å². The number of aromatic nitrogens is 3. The zero-order valence-corrected chi connectivity index (χ0v) is 20.0. The van der Waals surface area contributed by atoms with Crippen LogP contribution in [-0.2, 0) is 18.6 Å². The molecule has 184 valence electrons. The van der Waals surface area contributed by atoms with E-state index < -0.39 is 5.60 Å². The molecule has 2 saturated carbocycles. The van der Waals surface area contributed by atoms with Crippen LogP contribution in [0.5, 0.6) is 0 Å². The first-order valence-electron chi connectivity index (χ1n) is 12.4. The second-order valence-electron chi connectivity index (χ2n) is 10.4. The van der Waals surface area contributed by atoms with Crippen LogP contribution in [0, 0.1) is 0 Å². The van der Waals surface area contributed by atoms with Crippen LogP contribution in [0.2, 0.25) is 0 Å². The van der Waals surface area contributed by atoms with Gasteiger partial charge in [0.15, 0.2) is 0 Å². The lowest BCUT2D eigenvalue weighted by molar-refractivity contribution is -0.0690. The van der Waals surface area contributed by atoms with Crippen molar-refractivity contribution < 1.29 is 15.0 Å². The first kappa shape index (κ1) is 23.3. The summed E-state index contributed by atoms with van der Waals surface area (Å²) in [5, 5.41) is 32.0. The van der Waals surface area contributed by atoms with Crippen molar-refractivity contribution in [2.75, 3.05) is 26.7 Å². The number of nitrogens with zero attached hydrogens (tertiary/aromatic N) is 5. The normalized spacial score (nSPS) is 28.5. The standard InChI is InChI=1S/C25H36N6O3/c1-26-25(20-6-3-2-4-7-20)12-10-23(11-13-25)18-29(16-21-17-30(14-15-32)28-27-21)22(33)31(23)19-24(34)8-5-9-24/h2-4,6-7,17,26,32,34H,5,8-16,18-19H2,1H3. The van der Waals surface area contributed by atoms with Gasteiger partial charge in [-0.3, -0.25) is 0 Å². The molecule has 3 aliphatic rings. The number of urea groups is 1. The van der Waals surface area contributed by atoms with Gasteiger partial charge in [0, 0.05) is 12.1 Å². The molecule has 1 aromatic heterocycles. The van der Waals surface area contributed by atoms with Crippen LogP contribution in [0.15, 0.2) is 36.5 Å². The molecule has 1 aromatic carbocycles. The van der Waals surface area contributed by atoms with E-state index in [1.165, 1.54) is 5.56 Å². The Morgan fingerprint density at radius 1 is 1.09 bits per heavy atom. The molecule has 5 rings (SSSR count). The van der Waals surface area contributed by atoms with Crippen LogP contribution in [0.4, 0.5) is 4.79 Å². The summed E-state index contributed by atoms with van der Waals surface area (Å²) >= 11 is 0. The highest BCUT2D eigenvalue weighted by molar-refractivity contribution is 5.78. The Morgan fingerprint density at radius 2 is 1.82 bits per heavy atom. The zero-order chi connectivity index (χ0) is 23.8. The van der Waals surface area contributed by atoms with Crippen LogP contribution in [-0.4, -0.2) is 78.9 Å². The van der Waals surface area contributed by atoms with Crippen LogP contribution in [0.25, 0.3) is 0 Å². The van der Waals surface area contributed by atoms with Gasteiger partial charge in [0.2, 0.25) is 0 Å². The van der Waals surface area contributed by atoms with Crippen LogP contribution in [0.1, 0.15) is 56.2 Å². The maximum atomic E-state index is 13.7. The van der Waals surface area contributed by atoms with E-state index in [0.717, 1.165) is 44.9 Å². The number of carbonyl (C=O) groups excluding carboxylic acids is 1. The van der Waals surface area contributed by atoms with Gasteiger partial charge in [-0.1, -0.05) is 35.5 Å². The summed E-state index contributed by atoms with van der Waals surface area (Å²) in [4.78, 5) is 17.5. The van der Waals surface area contributed by atoms with E-state index in [1.54, 1.807) is 10.9 Å². The van der Waals surface area contributed by atoms with E-state index in [1.807, 2.05) is 22.9 Å². The van der Waals surface area contributed by atoms with Crippen molar-refractivity contribution in [3.8, 4) is 0 Å². The summed E-state index contributed by atoms with van der Waals surface area (Å²) in [6.45, 7) is 1.79. The maximum Gasteiger partial charge on any atom is 0.321 e. The Kier molecular flexibility index (Phi) is 6.12. The maximum absolute atomic E-state index is 13.7. The van der Waals surface area contributed by atoms with E-state index in [4.69, 9.17) is 5.11 Å². The molecule has 0 radical (unpaired) electrons. The van der Waals surface area contributed by atoms with Gasteiger partial charge in [-0.25, -0.2) is 9.48 Å². The van der Waals surface area contributed by atoms with Crippen molar-refractivity contribution in [2.24, 2.45) is 0 Å². The quantitative estimate of drug-likeness (QED) is 0.546. The van der Waals surface area contributed by atoms with Crippen LogP contribution >= 0.6 is 0 Å². The zero-order valence-electron chi connectivity index (χ0n) is 20.0. The monoisotopic (exact) mass is 468 g/mol. The largest absolute Gasteiger partial charge is 0.394 e. The minimum atomic E-state index is -0.764. The van der Waals surface area contributed by atoms with Gasteiger partial charge in [-0.15, -0.1) is 5.10 Å². The summed E-state index contributed by atoms with van der Waals surface area (Å²) in [5.74, 6) is 0. The Bertz CT molecular complexity index is 997. The number of β-amino-alcohol motifs (C(OH)–C–C–N with tert-alkyl or cyclic N) is 1. The van der Waals surface area contributed by atoms with Crippen molar-refractivity contribution in [3.63, 3.8) is 0 Å². The molecule has 2 amide bonds. The average molecular weight is 469 g/mol. The fraction of sp³-hybridized carbons (Fsp3) is 0.640. The highest BCUT2D eigenvalue weighted by atomic mass is 16.3. The molecule has 3 fully saturated rings. The fourth-order valence-corrected chi connectivity index (χ4v) is 6.11. The lowest BCUT2D eigenvalue weighted by Crippen LogP contribution is -2.59. The highest BCUT2D eigenvalue weighted by Gasteiger charge is 2.55. The fourth-order valence-electron chi connectivity index (χ4n) is 6.11. The van der Waals surface area contributed by atoms with Crippen LogP contribution < -0.4 is 5.32 Å². The molecule has 34 heavy (non-hydrogen) atoms. The third-order valence-corrected chi connectivity index (χ3v) is 8.40. The molecule has 9 nitrogen and oxygen atoms in total. The number of aliphatic hydroxyl groups is 2. The molecular formula is C25H36N6O3. The summed E-state index contributed by atoms with van der Waals surface area (Å²) in [7, 11) is 2.03. The molecule has 1 spiro atoms. The topological polar surface area (TPSA) is 107 Å². The average Bonchev–Trinajstić information content (AvgIpc) is 3.38. The predicted molar refractivity (Wildman–Crippen MR) is 127 cm³/mol. The lowest BCUT2D eigenvalue weighted by Gasteiger charge is -2.50. The second-order valence-corrected chi connectivity index (χ2v) is 10.4. The van der Waals surface area contributed by atoms with E-state index in [2.05, 4.69) is 39.9 Å². The molecule has 2 heterocycles. The molecule has 0 bridgehead atoms. The Hall–Kier alpha value is -2.49. The Balaban J connectivity index is 1.38. The van der Waals surface area contributed by atoms with Gasteiger partial charge in [0.1, 0.15) is 5.69 Å². The molecule has 1 saturated heterocycles. The van der Waals surface area contributed by atoms with Gasteiger partial charge >= 0.3 is 6.03 Å². The molecule has 2 aliphatic carbocycles. The number of benzene rings is 1. The van der Waals surface area contributed by atoms with Gasteiger partial charge in [0.05, 0.1) is 43.6 Å².